The van der Waals surface area contributed by atoms with Gasteiger partial charge in [-0.1, -0.05) is 0 Å². The van der Waals surface area contributed by atoms with Crippen LogP contribution in [0.3, 0.4) is 0 Å². The lowest BCUT2D eigenvalue weighted by Crippen LogP contribution is -2.18. The molecule has 4 heteroatoms. The van der Waals surface area contributed by atoms with Crippen LogP contribution in [0, 0.1) is 0 Å². The molecule has 1 N–H and O–H groups in total. The van der Waals surface area contributed by atoms with E-state index in [2.05, 4.69) is 0 Å². The van der Waals surface area contributed by atoms with Crippen molar-refractivity contribution in [1.82, 2.24) is 0 Å². The Hall–Kier alpha value is -1.16. The van der Waals surface area contributed by atoms with Gasteiger partial charge >= 0.3 is 0 Å². The van der Waals surface area contributed by atoms with Gasteiger partial charge in [-0.15, -0.1) is 0 Å². The molecule has 2 nitrogen and oxygen atoms in total. The summed E-state index contributed by atoms with van der Waals surface area (Å²) in [5.74, 6) is -2.66. The van der Waals surface area contributed by atoms with Crippen LogP contribution in [-0.2, 0) is 5.92 Å². The fraction of sp³-hybridized carbons (Fsp3) is 0.333. The van der Waals surface area contributed by atoms with Crippen molar-refractivity contribution in [3.63, 3.8) is 0 Å². The van der Waals surface area contributed by atoms with E-state index in [-0.39, 0.29) is 5.56 Å². The van der Waals surface area contributed by atoms with E-state index in [1.165, 1.54) is 31.4 Å². The van der Waals surface area contributed by atoms with Gasteiger partial charge in [0.05, 0.1) is 7.11 Å². The monoisotopic (exact) mass is 188 g/mol. The molecule has 0 fully saturated rings. The van der Waals surface area contributed by atoms with Crippen molar-refractivity contribution in [3.8, 4) is 5.75 Å². The molecule has 0 radical (unpaired) electrons. The highest BCUT2D eigenvalue weighted by Gasteiger charge is 2.29. The van der Waals surface area contributed by atoms with Crippen molar-refractivity contribution in [2.75, 3.05) is 13.7 Å². The first-order chi connectivity index (χ1) is 6.10. The highest BCUT2D eigenvalue weighted by molar-refractivity contribution is 5.29. The summed E-state index contributed by atoms with van der Waals surface area (Å²) in [5, 5.41) is 8.39. The smallest absolute Gasteiger partial charge is 0.295 e. The number of hydrogen-bond donors (Lipinski definition) is 1. The Morgan fingerprint density at radius 2 is 1.85 bits per heavy atom. The fourth-order valence-electron chi connectivity index (χ4n) is 0.926. The Labute approximate surface area is 74.8 Å². The summed E-state index contributed by atoms with van der Waals surface area (Å²) in [6.07, 6.45) is 0. The summed E-state index contributed by atoms with van der Waals surface area (Å²) in [4.78, 5) is 0. The molecule has 0 aromatic heterocycles. The zero-order valence-electron chi connectivity index (χ0n) is 7.13. The van der Waals surface area contributed by atoms with E-state index in [4.69, 9.17) is 9.84 Å². The van der Waals surface area contributed by atoms with E-state index in [9.17, 15) is 8.78 Å². The Morgan fingerprint density at radius 1 is 1.31 bits per heavy atom. The highest BCUT2D eigenvalue weighted by atomic mass is 19.3. The number of ether oxygens (including phenoxy) is 1. The van der Waals surface area contributed by atoms with Gasteiger partial charge in [0.25, 0.3) is 5.92 Å². The molecular weight excluding hydrogens is 178 g/mol. The molecule has 1 rings (SSSR count). The standard InChI is InChI=1S/C9H10F2O2/c1-13-8-4-2-7(3-5-8)9(10,11)6-12/h2-5,12H,6H2,1H3. The van der Waals surface area contributed by atoms with Crippen LogP contribution in [0.25, 0.3) is 0 Å². The second kappa shape index (κ2) is 3.70. The van der Waals surface area contributed by atoms with Gasteiger partial charge in [0, 0.05) is 5.56 Å². The van der Waals surface area contributed by atoms with E-state index in [1.807, 2.05) is 0 Å². The van der Waals surface area contributed by atoms with Crippen molar-refractivity contribution in [2.45, 2.75) is 5.92 Å². The SMILES string of the molecule is COc1ccc(C(F)(F)CO)cc1. The van der Waals surface area contributed by atoms with Crippen molar-refractivity contribution in [2.24, 2.45) is 0 Å². The molecule has 0 aliphatic carbocycles. The number of aliphatic hydroxyl groups excluding tert-OH is 1. The van der Waals surface area contributed by atoms with Crippen LogP contribution < -0.4 is 4.74 Å². The summed E-state index contributed by atoms with van der Waals surface area (Å²) < 4.78 is 30.5. The zero-order chi connectivity index (χ0) is 9.90. The first kappa shape index (κ1) is 9.92. The van der Waals surface area contributed by atoms with Gasteiger partial charge in [0.15, 0.2) is 0 Å². The van der Waals surface area contributed by atoms with Crippen LogP contribution in [0.5, 0.6) is 5.75 Å². The highest BCUT2D eigenvalue weighted by Crippen LogP contribution is 2.28. The minimum Gasteiger partial charge on any atom is -0.497 e. The lowest BCUT2D eigenvalue weighted by molar-refractivity contribution is -0.0556. The average Bonchev–Trinajstić information content (AvgIpc) is 2.18. The summed E-state index contributed by atoms with van der Waals surface area (Å²) in [7, 11) is 1.46. The van der Waals surface area contributed by atoms with Crippen molar-refractivity contribution < 1.29 is 18.6 Å². The van der Waals surface area contributed by atoms with Crippen LogP contribution in [0.2, 0.25) is 0 Å². The normalized spacial score (nSPS) is 11.4. The Balaban J connectivity index is 2.92. The summed E-state index contributed by atoms with van der Waals surface area (Å²) in [6.45, 7) is -1.18. The van der Waals surface area contributed by atoms with E-state index in [0.29, 0.717) is 5.75 Å². The number of aliphatic hydroxyl groups is 1. The predicted molar refractivity (Wildman–Crippen MR) is 44.0 cm³/mol. The number of halogens is 2. The number of benzene rings is 1. The van der Waals surface area contributed by atoms with Gasteiger partial charge in [-0.05, 0) is 24.3 Å². The van der Waals surface area contributed by atoms with E-state index < -0.39 is 12.5 Å². The van der Waals surface area contributed by atoms with Gasteiger partial charge in [-0.2, -0.15) is 8.78 Å². The number of rotatable bonds is 3. The molecule has 1 aromatic carbocycles. The molecule has 0 atom stereocenters. The van der Waals surface area contributed by atoms with Gasteiger partial charge in [0.1, 0.15) is 12.4 Å². The lowest BCUT2D eigenvalue weighted by Gasteiger charge is -2.13. The predicted octanol–water partition coefficient (Wildman–Crippen LogP) is 1.78. The molecule has 0 spiro atoms. The number of hydrogen-bond acceptors (Lipinski definition) is 2. The van der Waals surface area contributed by atoms with Gasteiger partial charge < -0.3 is 9.84 Å². The van der Waals surface area contributed by atoms with Gasteiger partial charge in [-0.25, -0.2) is 0 Å². The minimum atomic E-state index is -3.17. The van der Waals surface area contributed by atoms with E-state index in [0.717, 1.165) is 0 Å². The Bertz CT molecular complexity index is 269. The maximum atomic E-state index is 12.8. The molecule has 1 aromatic rings. The summed E-state index contributed by atoms with van der Waals surface area (Å²) in [6, 6.07) is 5.32. The molecule has 13 heavy (non-hydrogen) atoms. The van der Waals surface area contributed by atoms with Crippen LogP contribution in [0.15, 0.2) is 24.3 Å². The number of alkyl halides is 2. The van der Waals surface area contributed by atoms with E-state index in [1.54, 1.807) is 0 Å². The Morgan fingerprint density at radius 3 is 2.23 bits per heavy atom. The number of methoxy groups -OCH3 is 1. The molecule has 0 saturated carbocycles. The zero-order valence-corrected chi connectivity index (χ0v) is 7.13. The lowest BCUT2D eigenvalue weighted by atomic mass is 10.1. The molecule has 0 unspecified atom stereocenters. The van der Waals surface area contributed by atoms with Gasteiger partial charge in [0.2, 0.25) is 0 Å². The van der Waals surface area contributed by atoms with Crippen molar-refractivity contribution in [1.29, 1.82) is 0 Å². The molecule has 0 amide bonds. The molecular formula is C9H10F2O2. The maximum Gasteiger partial charge on any atom is 0.295 e. The fourth-order valence-corrected chi connectivity index (χ4v) is 0.926. The second-order valence-electron chi connectivity index (χ2n) is 2.59. The molecule has 0 bridgehead atoms. The third kappa shape index (κ3) is 2.15. The third-order valence-electron chi connectivity index (χ3n) is 1.71. The van der Waals surface area contributed by atoms with Crippen LogP contribution in [0.1, 0.15) is 5.56 Å². The van der Waals surface area contributed by atoms with Crippen molar-refractivity contribution in [3.05, 3.63) is 29.8 Å². The largest absolute Gasteiger partial charge is 0.497 e. The quantitative estimate of drug-likeness (QED) is 0.783. The third-order valence-corrected chi connectivity index (χ3v) is 1.71. The molecule has 0 saturated heterocycles. The second-order valence-corrected chi connectivity index (χ2v) is 2.59. The molecule has 0 heterocycles. The average molecular weight is 188 g/mol. The molecule has 72 valence electrons. The summed E-state index contributed by atoms with van der Waals surface area (Å²) in [5.41, 5.74) is -0.212. The first-order valence-electron chi connectivity index (χ1n) is 3.73. The van der Waals surface area contributed by atoms with Crippen molar-refractivity contribution >= 4 is 0 Å². The maximum absolute atomic E-state index is 12.8. The molecule has 0 aliphatic heterocycles. The van der Waals surface area contributed by atoms with Gasteiger partial charge in [-0.3, -0.25) is 0 Å². The topological polar surface area (TPSA) is 29.5 Å². The molecule has 0 aliphatic rings. The van der Waals surface area contributed by atoms with Crippen LogP contribution in [0.4, 0.5) is 8.78 Å². The van der Waals surface area contributed by atoms with E-state index >= 15 is 0 Å². The Kier molecular flexibility index (Phi) is 2.83. The van der Waals surface area contributed by atoms with Crippen LogP contribution >= 0.6 is 0 Å². The first-order valence-corrected chi connectivity index (χ1v) is 3.73. The van der Waals surface area contributed by atoms with Crippen LogP contribution in [-0.4, -0.2) is 18.8 Å². The summed E-state index contributed by atoms with van der Waals surface area (Å²) >= 11 is 0. The minimum absolute atomic E-state index is 0.212.